The van der Waals surface area contributed by atoms with Crippen molar-refractivity contribution < 1.29 is 24.2 Å². The van der Waals surface area contributed by atoms with Gasteiger partial charge >= 0.3 is 12.0 Å². The minimum atomic E-state index is -1.40. The largest absolute Gasteiger partial charge is 0.479 e. The van der Waals surface area contributed by atoms with Crippen LogP contribution in [-0.4, -0.2) is 54.9 Å². The summed E-state index contributed by atoms with van der Waals surface area (Å²) >= 11 is 0. The molecule has 0 spiro atoms. The third kappa shape index (κ3) is 3.59. The number of carbonyl (C=O) groups excluding carboxylic acids is 2. The first-order valence-corrected chi connectivity index (χ1v) is 5.64. The van der Waals surface area contributed by atoms with Gasteiger partial charge in [0.15, 0.2) is 5.54 Å². The fourth-order valence-electron chi connectivity index (χ4n) is 1.57. The van der Waals surface area contributed by atoms with E-state index in [4.69, 9.17) is 9.84 Å². The minimum Gasteiger partial charge on any atom is -0.479 e. The van der Waals surface area contributed by atoms with E-state index in [9.17, 15) is 14.4 Å². The van der Waals surface area contributed by atoms with Gasteiger partial charge in [0.25, 0.3) is 0 Å². The van der Waals surface area contributed by atoms with Crippen molar-refractivity contribution in [2.24, 2.45) is 0 Å². The first-order valence-electron chi connectivity index (χ1n) is 5.64. The first-order chi connectivity index (χ1) is 8.50. The van der Waals surface area contributed by atoms with Crippen LogP contribution in [0.25, 0.3) is 0 Å². The van der Waals surface area contributed by atoms with Gasteiger partial charge in [0.1, 0.15) is 0 Å². The molecule has 102 valence electrons. The highest BCUT2D eigenvalue weighted by atomic mass is 16.5. The van der Waals surface area contributed by atoms with Crippen LogP contribution in [0.3, 0.4) is 0 Å². The molecule has 1 aliphatic rings. The lowest BCUT2D eigenvalue weighted by Gasteiger charge is -2.23. The van der Waals surface area contributed by atoms with Crippen LogP contribution in [0.15, 0.2) is 0 Å². The number of amides is 3. The lowest BCUT2D eigenvalue weighted by molar-refractivity contribution is -0.144. The number of rotatable bonds is 5. The van der Waals surface area contributed by atoms with Gasteiger partial charge in [0.05, 0.1) is 13.2 Å². The van der Waals surface area contributed by atoms with Gasteiger partial charge in [-0.3, -0.25) is 4.79 Å². The Balaban J connectivity index is 2.43. The van der Waals surface area contributed by atoms with Crippen molar-refractivity contribution in [3.8, 4) is 0 Å². The number of likely N-dealkylation sites (N-methyl/N-ethyl adjacent to an activating group) is 1. The maximum absolute atomic E-state index is 11.5. The highest BCUT2D eigenvalue weighted by Crippen LogP contribution is 2.18. The average Bonchev–Trinajstić information content (AvgIpc) is 2.77. The van der Waals surface area contributed by atoms with Crippen LogP contribution in [0.1, 0.15) is 13.3 Å². The van der Waals surface area contributed by atoms with Crippen LogP contribution in [0, 0.1) is 0 Å². The molecule has 1 heterocycles. The van der Waals surface area contributed by atoms with Crippen molar-refractivity contribution in [2.45, 2.75) is 18.9 Å². The number of aliphatic carboxylic acids is 1. The van der Waals surface area contributed by atoms with Crippen LogP contribution in [-0.2, 0) is 14.3 Å². The zero-order valence-electron chi connectivity index (χ0n) is 10.1. The summed E-state index contributed by atoms with van der Waals surface area (Å²) in [5, 5.41) is 16.2. The quantitative estimate of drug-likeness (QED) is 0.488. The maximum atomic E-state index is 11.5. The summed E-state index contributed by atoms with van der Waals surface area (Å²) in [6.07, 6.45) is 0.205. The number of carboxylic acid groups (broad SMARTS) is 1. The van der Waals surface area contributed by atoms with E-state index in [0.717, 1.165) is 0 Å². The number of carbonyl (C=O) groups is 3. The molecule has 0 bridgehead atoms. The molecule has 1 rings (SSSR count). The lowest BCUT2D eigenvalue weighted by atomic mass is 9.99. The maximum Gasteiger partial charge on any atom is 0.332 e. The van der Waals surface area contributed by atoms with Crippen LogP contribution in [0.4, 0.5) is 4.79 Å². The summed E-state index contributed by atoms with van der Waals surface area (Å²) in [5.74, 6) is -1.48. The fraction of sp³-hybridized carbons (Fsp3) is 0.700. The van der Waals surface area contributed by atoms with Crippen molar-refractivity contribution in [3.63, 3.8) is 0 Å². The molecular weight excluding hydrogens is 242 g/mol. The van der Waals surface area contributed by atoms with Crippen molar-refractivity contribution in [1.82, 2.24) is 16.0 Å². The summed E-state index contributed by atoms with van der Waals surface area (Å²) in [4.78, 5) is 33.7. The number of carboxylic acids is 1. The van der Waals surface area contributed by atoms with Gasteiger partial charge in [-0.1, -0.05) is 0 Å². The molecule has 18 heavy (non-hydrogen) atoms. The highest BCUT2D eigenvalue weighted by molar-refractivity contribution is 5.89. The summed E-state index contributed by atoms with van der Waals surface area (Å²) in [5.41, 5.74) is -1.40. The van der Waals surface area contributed by atoms with Crippen LogP contribution >= 0.6 is 0 Å². The molecule has 1 aliphatic heterocycles. The lowest BCUT2D eigenvalue weighted by Crippen LogP contribution is -2.58. The number of hydrogen-bond donors (Lipinski definition) is 4. The summed E-state index contributed by atoms with van der Waals surface area (Å²) in [7, 11) is 0. The second-order valence-corrected chi connectivity index (χ2v) is 3.95. The highest BCUT2D eigenvalue weighted by Gasteiger charge is 2.43. The second-order valence-electron chi connectivity index (χ2n) is 3.95. The topological polar surface area (TPSA) is 117 Å². The predicted octanol–water partition coefficient (Wildman–Crippen LogP) is -1.33. The Morgan fingerprint density at radius 1 is 1.33 bits per heavy atom. The molecule has 1 saturated heterocycles. The second kappa shape index (κ2) is 6.20. The Hall–Kier alpha value is -1.83. The van der Waals surface area contributed by atoms with Crippen LogP contribution in [0.5, 0.6) is 0 Å². The molecule has 0 radical (unpaired) electrons. The SMILES string of the molecule is CCNC(=O)CNC(=O)NC1(C(=O)O)CCOC1. The van der Waals surface area contributed by atoms with Gasteiger partial charge in [0.2, 0.25) is 5.91 Å². The molecule has 0 aromatic carbocycles. The van der Waals surface area contributed by atoms with Crippen molar-refractivity contribution >= 4 is 17.9 Å². The third-order valence-corrected chi connectivity index (χ3v) is 2.57. The molecule has 4 N–H and O–H groups in total. The van der Waals surface area contributed by atoms with E-state index in [1.165, 1.54) is 0 Å². The Morgan fingerprint density at radius 2 is 2.06 bits per heavy atom. The zero-order chi connectivity index (χ0) is 13.6. The van der Waals surface area contributed by atoms with Gasteiger partial charge in [0, 0.05) is 19.6 Å². The Kier molecular flexibility index (Phi) is 4.90. The Morgan fingerprint density at radius 3 is 2.56 bits per heavy atom. The predicted molar refractivity (Wildman–Crippen MR) is 61.0 cm³/mol. The molecule has 8 nitrogen and oxygen atoms in total. The van der Waals surface area contributed by atoms with E-state index in [-0.39, 0.29) is 32.1 Å². The number of urea groups is 1. The van der Waals surface area contributed by atoms with E-state index in [1.807, 2.05) is 0 Å². The van der Waals surface area contributed by atoms with Gasteiger partial charge in [-0.2, -0.15) is 0 Å². The first kappa shape index (κ1) is 14.2. The molecule has 1 atom stereocenters. The molecule has 0 aliphatic carbocycles. The molecule has 1 unspecified atom stereocenters. The molecule has 1 fully saturated rings. The van der Waals surface area contributed by atoms with E-state index >= 15 is 0 Å². The van der Waals surface area contributed by atoms with Crippen molar-refractivity contribution in [3.05, 3.63) is 0 Å². The number of hydrogen-bond acceptors (Lipinski definition) is 4. The van der Waals surface area contributed by atoms with Gasteiger partial charge in [-0.15, -0.1) is 0 Å². The molecule has 0 aromatic heterocycles. The smallest absolute Gasteiger partial charge is 0.332 e. The molecule has 8 heteroatoms. The average molecular weight is 259 g/mol. The molecular formula is C10H17N3O5. The number of nitrogens with one attached hydrogen (secondary N) is 3. The Labute approximate surface area is 104 Å². The molecule has 3 amide bonds. The van der Waals surface area contributed by atoms with Crippen molar-refractivity contribution in [2.75, 3.05) is 26.3 Å². The normalized spacial score (nSPS) is 22.3. The summed E-state index contributed by atoms with van der Waals surface area (Å²) < 4.78 is 4.98. The van der Waals surface area contributed by atoms with E-state index < -0.39 is 17.5 Å². The van der Waals surface area contributed by atoms with Crippen molar-refractivity contribution in [1.29, 1.82) is 0 Å². The Bertz CT molecular complexity index is 338. The van der Waals surface area contributed by atoms with E-state index in [2.05, 4.69) is 16.0 Å². The molecule has 0 saturated carbocycles. The zero-order valence-corrected chi connectivity index (χ0v) is 10.1. The number of ether oxygens (including phenoxy) is 1. The monoisotopic (exact) mass is 259 g/mol. The van der Waals surface area contributed by atoms with Gasteiger partial charge in [-0.25, -0.2) is 9.59 Å². The van der Waals surface area contributed by atoms with Gasteiger partial charge < -0.3 is 25.8 Å². The third-order valence-electron chi connectivity index (χ3n) is 2.57. The minimum absolute atomic E-state index is 0.0725. The summed E-state index contributed by atoms with van der Waals surface area (Å²) in [6, 6.07) is -0.700. The molecule has 0 aromatic rings. The van der Waals surface area contributed by atoms with E-state index in [1.54, 1.807) is 6.92 Å². The van der Waals surface area contributed by atoms with Gasteiger partial charge in [-0.05, 0) is 6.92 Å². The fourth-order valence-corrected chi connectivity index (χ4v) is 1.57. The standard InChI is InChI=1S/C10H17N3O5/c1-2-11-7(14)5-12-9(17)13-10(8(15)16)3-4-18-6-10/h2-6H2,1H3,(H,11,14)(H,15,16)(H2,12,13,17). The van der Waals surface area contributed by atoms with Crippen LogP contribution < -0.4 is 16.0 Å². The van der Waals surface area contributed by atoms with E-state index in [0.29, 0.717) is 6.54 Å². The summed E-state index contributed by atoms with van der Waals surface area (Å²) in [6.45, 7) is 2.23. The van der Waals surface area contributed by atoms with Crippen LogP contribution in [0.2, 0.25) is 0 Å².